The van der Waals surface area contributed by atoms with Crippen molar-refractivity contribution in [3.05, 3.63) is 58.1 Å². The lowest BCUT2D eigenvalue weighted by atomic mass is 10.1. The van der Waals surface area contributed by atoms with Gasteiger partial charge in [0, 0.05) is 29.2 Å². The van der Waals surface area contributed by atoms with E-state index in [0.717, 1.165) is 5.69 Å². The number of nitrogens with one attached hydrogen (secondary N) is 2. The first-order chi connectivity index (χ1) is 11.0. The molecule has 0 spiro atoms. The van der Waals surface area contributed by atoms with Crippen LogP contribution in [0.5, 0.6) is 0 Å². The fourth-order valence-corrected chi connectivity index (χ4v) is 2.43. The first-order valence-electron chi connectivity index (χ1n) is 7.05. The smallest absolute Gasteiger partial charge is 0.226 e. The van der Waals surface area contributed by atoms with Crippen LogP contribution in [0.3, 0.4) is 0 Å². The highest BCUT2D eigenvalue weighted by Crippen LogP contribution is 2.25. The van der Waals surface area contributed by atoms with Crippen LogP contribution in [0.15, 0.2) is 42.5 Å². The lowest BCUT2D eigenvalue weighted by Crippen LogP contribution is -2.16. The number of carbonyl (C=O) groups is 2. The van der Waals surface area contributed by atoms with Gasteiger partial charge in [0.2, 0.25) is 5.91 Å². The Morgan fingerprint density at radius 1 is 1.09 bits per heavy atom. The number of amides is 1. The molecule has 6 heteroatoms. The molecule has 0 atom stereocenters. The van der Waals surface area contributed by atoms with Gasteiger partial charge < -0.3 is 10.6 Å². The number of Topliss-reactive ketones (excluding diaryl/α,β-unsaturated/α-hetero) is 1. The lowest BCUT2D eigenvalue weighted by molar-refractivity contribution is -0.115. The standard InChI is InChI=1S/C17H16Cl2N2O2/c1-11(22)12-3-2-4-14(9-12)20-8-7-17(23)21-16-6-5-13(18)10-15(16)19/h2-6,9-10,20H,7-8H2,1H3,(H,21,23). The summed E-state index contributed by atoms with van der Waals surface area (Å²) in [6.45, 7) is 1.96. The Kier molecular flexibility index (Phi) is 6.02. The molecule has 0 radical (unpaired) electrons. The monoisotopic (exact) mass is 350 g/mol. The SMILES string of the molecule is CC(=O)c1cccc(NCCC(=O)Nc2ccc(Cl)cc2Cl)c1. The number of halogens is 2. The van der Waals surface area contributed by atoms with Crippen LogP contribution < -0.4 is 10.6 Å². The summed E-state index contributed by atoms with van der Waals surface area (Å²) in [5.41, 5.74) is 1.96. The van der Waals surface area contributed by atoms with E-state index >= 15 is 0 Å². The first-order valence-corrected chi connectivity index (χ1v) is 7.81. The van der Waals surface area contributed by atoms with Crippen molar-refractivity contribution in [2.75, 3.05) is 17.2 Å². The Labute approximate surface area is 144 Å². The number of hydrogen-bond donors (Lipinski definition) is 2. The summed E-state index contributed by atoms with van der Waals surface area (Å²) >= 11 is 11.8. The summed E-state index contributed by atoms with van der Waals surface area (Å²) in [4.78, 5) is 23.2. The van der Waals surface area contributed by atoms with E-state index in [1.54, 1.807) is 36.4 Å². The zero-order valence-electron chi connectivity index (χ0n) is 12.5. The van der Waals surface area contributed by atoms with Crippen LogP contribution in [0.25, 0.3) is 0 Å². The summed E-state index contributed by atoms with van der Waals surface area (Å²) < 4.78 is 0. The number of carbonyl (C=O) groups excluding carboxylic acids is 2. The van der Waals surface area contributed by atoms with Crippen molar-refractivity contribution in [1.82, 2.24) is 0 Å². The molecule has 120 valence electrons. The summed E-state index contributed by atoms with van der Waals surface area (Å²) in [5.74, 6) is -0.159. The van der Waals surface area contributed by atoms with Crippen LogP contribution in [-0.4, -0.2) is 18.2 Å². The van der Waals surface area contributed by atoms with Gasteiger partial charge in [-0.1, -0.05) is 35.3 Å². The fourth-order valence-electron chi connectivity index (χ4n) is 1.97. The van der Waals surface area contributed by atoms with E-state index in [9.17, 15) is 9.59 Å². The molecule has 2 aromatic carbocycles. The minimum Gasteiger partial charge on any atom is -0.385 e. The van der Waals surface area contributed by atoms with Crippen LogP contribution in [0, 0.1) is 0 Å². The van der Waals surface area contributed by atoms with E-state index < -0.39 is 0 Å². The van der Waals surface area contributed by atoms with Gasteiger partial charge in [-0.25, -0.2) is 0 Å². The highest BCUT2D eigenvalue weighted by molar-refractivity contribution is 6.36. The van der Waals surface area contributed by atoms with Gasteiger partial charge in [-0.15, -0.1) is 0 Å². The number of anilines is 2. The number of hydrogen-bond acceptors (Lipinski definition) is 3. The molecule has 0 saturated carbocycles. The van der Waals surface area contributed by atoms with E-state index in [4.69, 9.17) is 23.2 Å². The second kappa shape index (κ2) is 7.99. The van der Waals surface area contributed by atoms with Crippen LogP contribution >= 0.6 is 23.2 Å². The third kappa shape index (κ3) is 5.27. The van der Waals surface area contributed by atoms with Gasteiger partial charge >= 0.3 is 0 Å². The van der Waals surface area contributed by atoms with Crippen LogP contribution in [0.1, 0.15) is 23.7 Å². The van der Waals surface area contributed by atoms with E-state index in [2.05, 4.69) is 10.6 Å². The predicted molar refractivity (Wildman–Crippen MR) is 94.6 cm³/mol. The van der Waals surface area contributed by atoms with Gasteiger partial charge in [-0.3, -0.25) is 9.59 Å². The lowest BCUT2D eigenvalue weighted by Gasteiger charge is -2.09. The molecule has 0 fully saturated rings. The molecule has 4 nitrogen and oxygen atoms in total. The molecular weight excluding hydrogens is 335 g/mol. The second-order valence-electron chi connectivity index (χ2n) is 4.99. The first kappa shape index (κ1) is 17.3. The summed E-state index contributed by atoms with van der Waals surface area (Å²) in [7, 11) is 0. The van der Waals surface area contributed by atoms with Crippen molar-refractivity contribution in [3.63, 3.8) is 0 Å². The zero-order chi connectivity index (χ0) is 16.8. The summed E-state index contributed by atoms with van der Waals surface area (Å²) in [5, 5.41) is 6.75. The van der Waals surface area contributed by atoms with Crippen LogP contribution in [-0.2, 0) is 4.79 Å². The van der Waals surface area contributed by atoms with Crippen molar-refractivity contribution in [2.24, 2.45) is 0 Å². The molecule has 23 heavy (non-hydrogen) atoms. The molecule has 1 amide bonds. The fraction of sp³-hybridized carbons (Fsp3) is 0.176. The molecule has 0 saturated heterocycles. The quantitative estimate of drug-likeness (QED) is 0.746. The number of rotatable bonds is 6. The van der Waals surface area contributed by atoms with Crippen molar-refractivity contribution in [1.29, 1.82) is 0 Å². The molecule has 0 aromatic heterocycles. The molecule has 0 aliphatic rings. The second-order valence-corrected chi connectivity index (χ2v) is 5.83. The average Bonchev–Trinajstić information content (AvgIpc) is 2.50. The Balaban J connectivity index is 1.85. The van der Waals surface area contributed by atoms with E-state index in [0.29, 0.717) is 27.8 Å². The average molecular weight is 351 g/mol. The van der Waals surface area contributed by atoms with E-state index in [1.165, 1.54) is 6.92 Å². The zero-order valence-corrected chi connectivity index (χ0v) is 14.0. The van der Waals surface area contributed by atoms with Gasteiger partial charge in [-0.05, 0) is 37.3 Å². The third-order valence-electron chi connectivity index (χ3n) is 3.16. The minimum absolute atomic E-state index is 0.00349. The maximum absolute atomic E-state index is 11.9. The third-order valence-corrected chi connectivity index (χ3v) is 3.70. The molecule has 2 aromatic rings. The molecule has 0 aliphatic carbocycles. The van der Waals surface area contributed by atoms with E-state index in [-0.39, 0.29) is 18.1 Å². The topological polar surface area (TPSA) is 58.2 Å². The number of benzene rings is 2. The Morgan fingerprint density at radius 2 is 1.87 bits per heavy atom. The van der Waals surface area contributed by atoms with Crippen molar-refractivity contribution >= 4 is 46.3 Å². The molecule has 0 heterocycles. The largest absolute Gasteiger partial charge is 0.385 e. The Bertz CT molecular complexity index is 732. The number of ketones is 1. The maximum atomic E-state index is 11.9. The van der Waals surface area contributed by atoms with Gasteiger partial charge in [0.15, 0.2) is 5.78 Å². The van der Waals surface area contributed by atoms with E-state index in [1.807, 2.05) is 6.07 Å². The summed E-state index contributed by atoms with van der Waals surface area (Å²) in [6.07, 6.45) is 0.267. The van der Waals surface area contributed by atoms with Crippen molar-refractivity contribution < 1.29 is 9.59 Å². The van der Waals surface area contributed by atoms with Crippen LogP contribution in [0.4, 0.5) is 11.4 Å². The highest BCUT2D eigenvalue weighted by Gasteiger charge is 2.06. The molecule has 0 aliphatic heterocycles. The molecule has 0 bridgehead atoms. The Hall–Kier alpha value is -2.04. The molecule has 2 N–H and O–H groups in total. The minimum atomic E-state index is -0.163. The van der Waals surface area contributed by atoms with Crippen molar-refractivity contribution in [2.45, 2.75) is 13.3 Å². The van der Waals surface area contributed by atoms with Crippen molar-refractivity contribution in [3.8, 4) is 0 Å². The van der Waals surface area contributed by atoms with Gasteiger partial charge in [0.25, 0.3) is 0 Å². The predicted octanol–water partition coefficient (Wildman–Crippen LogP) is 4.64. The normalized spacial score (nSPS) is 10.2. The molecular formula is C17H16Cl2N2O2. The molecule has 0 unspecified atom stereocenters. The molecule has 2 rings (SSSR count). The maximum Gasteiger partial charge on any atom is 0.226 e. The van der Waals surface area contributed by atoms with Gasteiger partial charge in [-0.2, -0.15) is 0 Å². The van der Waals surface area contributed by atoms with Gasteiger partial charge in [0.05, 0.1) is 10.7 Å². The highest BCUT2D eigenvalue weighted by atomic mass is 35.5. The van der Waals surface area contributed by atoms with Crippen LogP contribution in [0.2, 0.25) is 10.0 Å². The summed E-state index contributed by atoms with van der Waals surface area (Å²) in [6, 6.07) is 12.1. The Morgan fingerprint density at radius 3 is 2.57 bits per heavy atom. The van der Waals surface area contributed by atoms with Gasteiger partial charge in [0.1, 0.15) is 0 Å².